The summed E-state index contributed by atoms with van der Waals surface area (Å²) in [6, 6.07) is -1.11. The average Bonchev–Trinajstić information content (AvgIpc) is 3.46. The number of fused-ring (bicyclic) bond motifs is 1. The second kappa shape index (κ2) is 16.9. The minimum Gasteiger partial charge on any atom is -0.478 e. The van der Waals surface area contributed by atoms with Crippen molar-refractivity contribution in [3.63, 3.8) is 0 Å². The molecular formula is C29H42N10O7S2+2. The molecule has 2 aliphatic heterocycles. The number of aromatic nitrogens is 2. The van der Waals surface area contributed by atoms with Crippen LogP contribution in [0.1, 0.15) is 46.4 Å². The number of carboxylic acids is 2. The summed E-state index contributed by atoms with van der Waals surface area (Å²) < 4.78 is 5.86. The molecule has 2 atom stereocenters. The van der Waals surface area contributed by atoms with Crippen molar-refractivity contribution in [1.29, 1.82) is 0 Å². The van der Waals surface area contributed by atoms with Crippen LogP contribution < -0.4 is 27.8 Å². The molecule has 2 amide bonds. The molecule has 48 heavy (non-hydrogen) atoms. The van der Waals surface area contributed by atoms with Gasteiger partial charge in [-0.15, -0.1) is 11.8 Å². The predicted molar refractivity (Wildman–Crippen MR) is 180 cm³/mol. The van der Waals surface area contributed by atoms with Crippen molar-refractivity contribution < 1.29 is 44.5 Å². The molecule has 0 bridgehead atoms. The highest BCUT2D eigenvalue weighted by molar-refractivity contribution is 8.00. The van der Waals surface area contributed by atoms with Gasteiger partial charge in [0.2, 0.25) is 17.1 Å². The Kier molecular flexibility index (Phi) is 13.3. The van der Waals surface area contributed by atoms with Crippen LogP contribution in [0.4, 0.5) is 5.13 Å². The Morgan fingerprint density at radius 3 is 2.60 bits per heavy atom. The molecule has 1 aromatic heterocycles. The number of nitrogen functional groups attached to an aromatic ring is 1. The van der Waals surface area contributed by atoms with E-state index in [1.54, 1.807) is 19.1 Å². The number of β-lactam (4-membered cyclic amide) rings is 1. The lowest BCUT2D eigenvalue weighted by Crippen LogP contribution is -2.71. The zero-order valence-corrected chi connectivity index (χ0v) is 28.8. The van der Waals surface area contributed by atoms with Gasteiger partial charge in [-0.2, -0.15) is 13.9 Å². The number of allylic oxidation sites excluding steroid dienone is 4. The summed E-state index contributed by atoms with van der Waals surface area (Å²) in [5.74, 6) is -4.20. The Labute approximate surface area is 285 Å². The number of nitrogens with two attached hydrogens (primary N) is 2. The minimum atomic E-state index is -1.80. The van der Waals surface area contributed by atoms with E-state index in [4.69, 9.17) is 16.3 Å². The van der Waals surface area contributed by atoms with E-state index in [2.05, 4.69) is 37.8 Å². The van der Waals surface area contributed by atoms with Gasteiger partial charge in [-0.25, -0.2) is 9.59 Å². The Hall–Kier alpha value is -4.75. The van der Waals surface area contributed by atoms with Gasteiger partial charge in [-0.1, -0.05) is 24.6 Å². The van der Waals surface area contributed by atoms with E-state index in [-0.39, 0.29) is 22.4 Å². The first-order valence-electron chi connectivity index (χ1n) is 15.0. The molecule has 260 valence electrons. The van der Waals surface area contributed by atoms with E-state index in [0.29, 0.717) is 30.9 Å². The van der Waals surface area contributed by atoms with Crippen molar-refractivity contribution in [2.75, 3.05) is 31.1 Å². The minimum absolute atomic E-state index is 0.0173. The molecule has 1 saturated heterocycles. The Morgan fingerprint density at radius 1 is 1.29 bits per heavy atom. The summed E-state index contributed by atoms with van der Waals surface area (Å²) in [5, 5.41) is 28.2. The third-order valence-corrected chi connectivity index (χ3v) is 8.68. The van der Waals surface area contributed by atoms with Crippen LogP contribution in [-0.4, -0.2) is 107 Å². The number of anilines is 1. The van der Waals surface area contributed by atoms with Gasteiger partial charge in [-0.05, 0) is 44.9 Å². The smallest absolute Gasteiger partial charge is 0.352 e. The summed E-state index contributed by atoms with van der Waals surface area (Å²) in [6.45, 7) is 8.02. The fraction of sp³-hybridized carbons (Fsp3) is 0.448. The molecule has 1 aromatic rings. The van der Waals surface area contributed by atoms with Crippen LogP contribution >= 0.6 is 23.3 Å². The number of rotatable bonds is 17. The number of nitrogens with one attached hydrogen (secondary N) is 2. The van der Waals surface area contributed by atoms with Crippen LogP contribution in [0.5, 0.6) is 0 Å². The van der Waals surface area contributed by atoms with Gasteiger partial charge < -0.3 is 42.9 Å². The van der Waals surface area contributed by atoms with Crippen LogP contribution in [0.3, 0.4) is 0 Å². The van der Waals surface area contributed by atoms with Crippen LogP contribution in [0.15, 0.2) is 52.2 Å². The molecule has 19 heteroatoms. The number of amides is 2. The fourth-order valence-electron chi connectivity index (χ4n) is 4.22. The highest BCUT2D eigenvalue weighted by Crippen LogP contribution is 2.40. The third kappa shape index (κ3) is 9.41. The third-order valence-electron chi connectivity index (χ3n) is 6.84. The zero-order valence-electron chi connectivity index (χ0n) is 27.1. The molecule has 0 radical (unpaired) electrons. The molecule has 3 rings (SSSR count). The van der Waals surface area contributed by atoms with E-state index in [9.17, 15) is 29.4 Å². The summed E-state index contributed by atoms with van der Waals surface area (Å²) in [7, 11) is 0. The number of carbonyl (C=O) groups excluding carboxylic acids is 2. The topological polar surface area (TPSA) is 266 Å². The van der Waals surface area contributed by atoms with Gasteiger partial charge in [0.05, 0.1) is 13.1 Å². The average molecular weight is 707 g/mol. The van der Waals surface area contributed by atoms with E-state index in [1.165, 1.54) is 25.6 Å². The van der Waals surface area contributed by atoms with E-state index < -0.39 is 46.5 Å². The second-order valence-electron chi connectivity index (χ2n) is 11.1. The first-order chi connectivity index (χ1) is 22.7. The number of oxime groups is 1. The van der Waals surface area contributed by atoms with E-state index in [1.807, 2.05) is 23.1 Å². The van der Waals surface area contributed by atoms with Gasteiger partial charge in [0.1, 0.15) is 22.8 Å². The van der Waals surface area contributed by atoms with E-state index >= 15 is 0 Å². The zero-order chi connectivity index (χ0) is 35.6. The molecule has 11 N–H and O–H groups in total. The number of hydrogen-bond donors (Lipinski definition) is 7. The standard InChI is InChI=1S/C29H40N10O7S2/c1-5-6-7-12-38(14-18(16(2)31)33-11-10-30)13-8-9-17-15-47-25-20(24(41)39(25)21(17)26(42)43)34-23(40)19(22-35-28(32)48-37-22)36-46-29(3,4)27(44)45/h7-9,12,14,20,25,31,33H,5-6,10-11,13,15,30H2,1-4H3,(H5,32,34,35,37,40,42,43,44,45)/p+2/b9-8+,12-7+,36-19-/t20-,25?/m1/s1. The SMILES string of the molecule is CCC/C=C/[N+](=C/C(NCC[NH3+])=C(\C)N)C/C=C/C1=C(C(=O)O)N2C(=O)[C@@H](NC(=O)/C(=N\OC(C)(C)C(=O)O)c3nsc(N)n3)C2SC1. The number of nitrogens with zero attached hydrogens (tertiary/aromatic N) is 5. The Balaban J connectivity index is 1.83. The highest BCUT2D eigenvalue weighted by atomic mass is 32.2. The lowest BCUT2D eigenvalue weighted by Gasteiger charge is -2.49. The maximum atomic E-state index is 13.3. The molecule has 3 heterocycles. The molecule has 1 unspecified atom stereocenters. The maximum Gasteiger partial charge on any atom is 0.352 e. The Bertz CT molecular complexity index is 1590. The van der Waals surface area contributed by atoms with Crippen molar-refractivity contribution in [2.45, 2.75) is 57.6 Å². The van der Waals surface area contributed by atoms with Crippen molar-refractivity contribution in [3.05, 3.63) is 52.9 Å². The molecule has 1 fully saturated rings. The van der Waals surface area contributed by atoms with Crippen molar-refractivity contribution in [2.24, 2.45) is 10.9 Å². The first kappa shape index (κ1) is 37.7. The van der Waals surface area contributed by atoms with Crippen LogP contribution in [-0.2, 0) is 24.0 Å². The van der Waals surface area contributed by atoms with Gasteiger partial charge in [0.25, 0.3) is 11.8 Å². The predicted octanol–water partition coefficient (Wildman–Crippen LogP) is -0.582. The summed E-state index contributed by atoms with van der Waals surface area (Å²) in [5.41, 5.74) is 14.9. The molecular weight excluding hydrogens is 665 g/mol. The van der Waals surface area contributed by atoms with Crippen molar-refractivity contribution >= 4 is 64.1 Å². The molecule has 0 aliphatic carbocycles. The van der Waals surface area contributed by atoms with Crippen molar-refractivity contribution in [3.8, 4) is 0 Å². The largest absolute Gasteiger partial charge is 0.478 e. The number of thioether (sulfide) groups is 1. The van der Waals surface area contributed by atoms with Gasteiger partial charge in [0.15, 0.2) is 24.1 Å². The number of unbranched alkanes of at least 4 members (excludes halogenated alkanes) is 1. The van der Waals surface area contributed by atoms with Crippen LogP contribution in [0, 0.1) is 0 Å². The second-order valence-corrected chi connectivity index (χ2v) is 13.0. The lowest BCUT2D eigenvalue weighted by molar-refractivity contribution is -0.440. The van der Waals surface area contributed by atoms with Gasteiger partial charge >= 0.3 is 11.9 Å². The van der Waals surface area contributed by atoms with Gasteiger partial charge in [0, 0.05) is 23.0 Å². The maximum absolute atomic E-state index is 13.3. The molecule has 2 aliphatic rings. The number of quaternary nitrogens is 1. The van der Waals surface area contributed by atoms with Crippen LogP contribution in [0.2, 0.25) is 0 Å². The summed E-state index contributed by atoms with van der Waals surface area (Å²) in [6.07, 6.45) is 11.1. The normalized spacial score (nSPS) is 19.3. The molecule has 0 spiro atoms. The van der Waals surface area contributed by atoms with Crippen molar-refractivity contribution in [1.82, 2.24) is 24.9 Å². The fourth-order valence-corrected chi connectivity index (χ4v) is 5.97. The highest BCUT2D eigenvalue weighted by Gasteiger charge is 2.54. The monoisotopic (exact) mass is 706 g/mol. The van der Waals surface area contributed by atoms with E-state index in [0.717, 1.165) is 35.0 Å². The Morgan fingerprint density at radius 2 is 2.02 bits per heavy atom. The lowest BCUT2D eigenvalue weighted by atomic mass is 10.0. The first-order valence-corrected chi connectivity index (χ1v) is 16.8. The number of aliphatic carboxylic acids is 2. The number of hydrogen-bond acceptors (Lipinski definition) is 13. The van der Waals surface area contributed by atoms with Gasteiger partial charge in [-0.3, -0.25) is 14.5 Å². The molecule has 0 aromatic carbocycles. The number of carbonyl (C=O) groups is 4. The van der Waals surface area contributed by atoms with Crippen LogP contribution in [0.25, 0.3) is 0 Å². The quantitative estimate of drug-likeness (QED) is 0.0463. The molecule has 17 nitrogen and oxygen atoms in total. The summed E-state index contributed by atoms with van der Waals surface area (Å²) in [4.78, 5) is 60.6. The molecule has 0 saturated carbocycles. The number of carboxylic acid groups (broad SMARTS) is 2. The summed E-state index contributed by atoms with van der Waals surface area (Å²) >= 11 is 2.05.